The van der Waals surface area contributed by atoms with E-state index >= 15 is 0 Å². The SMILES string of the molecule is CCC(=O)c1ccc(O)c(NC(=O)C(c2ccccc2)c2ccccc2)c1. The number of hydrogen-bond donors (Lipinski definition) is 2. The summed E-state index contributed by atoms with van der Waals surface area (Å²) >= 11 is 0. The van der Waals surface area contributed by atoms with Crippen molar-refractivity contribution in [3.8, 4) is 5.75 Å². The van der Waals surface area contributed by atoms with Crippen molar-refractivity contribution in [2.45, 2.75) is 19.3 Å². The lowest BCUT2D eigenvalue weighted by atomic mass is 9.90. The third kappa shape index (κ3) is 4.23. The number of carbonyl (C=O) groups is 2. The van der Waals surface area contributed by atoms with Crippen molar-refractivity contribution in [2.24, 2.45) is 0 Å². The van der Waals surface area contributed by atoms with Crippen LogP contribution in [0, 0.1) is 0 Å². The second-order valence-corrected chi connectivity index (χ2v) is 6.25. The summed E-state index contributed by atoms with van der Waals surface area (Å²) in [5.41, 5.74) is 2.39. The number of nitrogens with one attached hydrogen (secondary N) is 1. The molecule has 4 heteroatoms. The molecule has 0 aromatic heterocycles. The standard InChI is InChI=1S/C23H21NO3/c1-2-20(25)18-13-14-21(26)19(15-18)24-23(27)22(16-9-5-3-6-10-16)17-11-7-4-8-12-17/h3-15,22,26H,2H2,1H3,(H,24,27). The Hall–Kier alpha value is -3.40. The molecule has 27 heavy (non-hydrogen) atoms. The highest BCUT2D eigenvalue weighted by Gasteiger charge is 2.23. The monoisotopic (exact) mass is 359 g/mol. The molecular weight excluding hydrogens is 338 g/mol. The minimum Gasteiger partial charge on any atom is -0.506 e. The predicted octanol–water partition coefficient (Wildman–Crippen LogP) is 4.76. The summed E-state index contributed by atoms with van der Waals surface area (Å²) in [5.74, 6) is -0.926. The number of ketones is 1. The molecule has 136 valence electrons. The quantitative estimate of drug-likeness (QED) is 0.493. The van der Waals surface area contributed by atoms with Gasteiger partial charge in [-0.1, -0.05) is 67.6 Å². The zero-order valence-electron chi connectivity index (χ0n) is 15.1. The minimum absolute atomic E-state index is 0.0480. The Labute approximate surface area is 158 Å². The number of aromatic hydroxyl groups is 1. The molecule has 0 spiro atoms. The van der Waals surface area contributed by atoms with Crippen molar-refractivity contribution < 1.29 is 14.7 Å². The Morgan fingerprint density at radius 1 is 0.889 bits per heavy atom. The van der Waals surface area contributed by atoms with Gasteiger partial charge in [-0.2, -0.15) is 0 Å². The highest BCUT2D eigenvalue weighted by molar-refractivity contribution is 6.02. The van der Waals surface area contributed by atoms with Gasteiger partial charge in [0.25, 0.3) is 0 Å². The Morgan fingerprint density at radius 2 is 1.44 bits per heavy atom. The van der Waals surface area contributed by atoms with Gasteiger partial charge in [-0.05, 0) is 29.3 Å². The van der Waals surface area contributed by atoms with Gasteiger partial charge in [-0.15, -0.1) is 0 Å². The molecule has 0 saturated carbocycles. The molecule has 0 bridgehead atoms. The Bertz CT molecular complexity index is 897. The molecule has 3 aromatic carbocycles. The van der Waals surface area contributed by atoms with Crippen LogP contribution < -0.4 is 5.32 Å². The maximum absolute atomic E-state index is 13.1. The van der Waals surface area contributed by atoms with E-state index in [0.717, 1.165) is 11.1 Å². The summed E-state index contributed by atoms with van der Waals surface area (Å²) in [6.07, 6.45) is 0.356. The van der Waals surface area contributed by atoms with Gasteiger partial charge >= 0.3 is 0 Å². The smallest absolute Gasteiger partial charge is 0.236 e. The summed E-state index contributed by atoms with van der Waals surface area (Å²) in [7, 11) is 0. The van der Waals surface area contributed by atoms with Crippen LogP contribution in [0.4, 0.5) is 5.69 Å². The number of Topliss-reactive ketones (excluding diaryl/α,β-unsaturated/α-hetero) is 1. The zero-order chi connectivity index (χ0) is 19.2. The van der Waals surface area contributed by atoms with Gasteiger partial charge in [0.2, 0.25) is 5.91 Å². The van der Waals surface area contributed by atoms with Crippen molar-refractivity contribution >= 4 is 17.4 Å². The van der Waals surface area contributed by atoms with E-state index in [0.29, 0.717) is 12.0 Å². The van der Waals surface area contributed by atoms with E-state index in [-0.39, 0.29) is 23.1 Å². The number of anilines is 1. The van der Waals surface area contributed by atoms with Gasteiger partial charge in [0.05, 0.1) is 11.6 Å². The predicted molar refractivity (Wildman–Crippen MR) is 106 cm³/mol. The van der Waals surface area contributed by atoms with E-state index in [2.05, 4.69) is 5.32 Å². The summed E-state index contributed by atoms with van der Waals surface area (Å²) in [6, 6.07) is 23.4. The maximum atomic E-state index is 13.1. The third-order valence-corrected chi connectivity index (χ3v) is 4.43. The van der Waals surface area contributed by atoms with Crippen LogP contribution in [-0.4, -0.2) is 16.8 Å². The Kier molecular flexibility index (Phi) is 5.67. The van der Waals surface area contributed by atoms with Crippen molar-refractivity contribution in [2.75, 3.05) is 5.32 Å². The fraction of sp³-hybridized carbons (Fsp3) is 0.130. The first-order chi connectivity index (χ1) is 13.1. The fourth-order valence-electron chi connectivity index (χ4n) is 3.00. The Balaban J connectivity index is 1.95. The van der Waals surface area contributed by atoms with E-state index in [1.54, 1.807) is 13.0 Å². The van der Waals surface area contributed by atoms with Crippen molar-refractivity contribution in [1.82, 2.24) is 0 Å². The minimum atomic E-state index is -0.530. The summed E-state index contributed by atoms with van der Waals surface area (Å²) in [5, 5.41) is 12.9. The first kappa shape index (κ1) is 18.4. The van der Waals surface area contributed by atoms with Gasteiger partial charge in [0, 0.05) is 12.0 Å². The van der Waals surface area contributed by atoms with E-state index in [1.165, 1.54) is 12.1 Å². The molecule has 3 aromatic rings. The fourth-order valence-corrected chi connectivity index (χ4v) is 3.00. The van der Waals surface area contributed by atoms with Crippen LogP contribution in [0.25, 0.3) is 0 Å². The molecule has 0 radical (unpaired) electrons. The van der Waals surface area contributed by atoms with Crippen LogP contribution in [0.15, 0.2) is 78.9 Å². The number of rotatable bonds is 6. The van der Waals surface area contributed by atoms with E-state index in [9.17, 15) is 14.7 Å². The average Bonchev–Trinajstić information content (AvgIpc) is 2.71. The highest BCUT2D eigenvalue weighted by Crippen LogP contribution is 2.30. The molecule has 0 fully saturated rings. The van der Waals surface area contributed by atoms with E-state index < -0.39 is 5.92 Å². The first-order valence-electron chi connectivity index (χ1n) is 8.87. The molecule has 3 rings (SSSR count). The molecule has 0 aliphatic heterocycles. The lowest BCUT2D eigenvalue weighted by molar-refractivity contribution is -0.116. The summed E-state index contributed by atoms with van der Waals surface area (Å²) in [4.78, 5) is 25.1. The van der Waals surface area contributed by atoms with E-state index in [1.807, 2.05) is 60.7 Å². The highest BCUT2D eigenvalue weighted by atomic mass is 16.3. The van der Waals surface area contributed by atoms with Gasteiger partial charge in [-0.25, -0.2) is 0 Å². The maximum Gasteiger partial charge on any atom is 0.236 e. The molecule has 4 nitrogen and oxygen atoms in total. The molecule has 0 atom stereocenters. The normalized spacial score (nSPS) is 10.6. The van der Waals surface area contributed by atoms with Crippen LogP contribution in [0.1, 0.15) is 40.7 Å². The van der Waals surface area contributed by atoms with Crippen LogP contribution in [-0.2, 0) is 4.79 Å². The second kappa shape index (κ2) is 8.32. The van der Waals surface area contributed by atoms with Crippen LogP contribution in [0.2, 0.25) is 0 Å². The molecule has 1 amide bonds. The third-order valence-electron chi connectivity index (χ3n) is 4.43. The topological polar surface area (TPSA) is 66.4 Å². The summed E-state index contributed by atoms with van der Waals surface area (Å²) < 4.78 is 0. The van der Waals surface area contributed by atoms with Crippen LogP contribution in [0.5, 0.6) is 5.75 Å². The Morgan fingerprint density at radius 3 is 1.96 bits per heavy atom. The summed E-state index contributed by atoms with van der Waals surface area (Å²) in [6.45, 7) is 1.77. The van der Waals surface area contributed by atoms with Gasteiger partial charge < -0.3 is 10.4 Å². The molecule has 0 unspecified atom stereocenters. The van der Waals surface area contributed by atoms with Gasteiger partial charge in [0.15, 0.2) is 5.78 Å². The van der Waals surface area contributed by atoms with Gasteiger partial charge in [0.1, 0.15) is 5.75 Å². The van der Waals surface area contributed by atoms with Gasteiger partial charge in [-0.3, -0.25) is 9.59 Å². The lowest BCUT2D eigenvalue weighted by Crippen LogP contribution is -2.22. The number of carbonyl (C=O) groups excluding carboxylic acids is 2. The van der Waals surface area contributed by atoms with Crippen LogP contribution in [0.3, 0.4) is 0 Å². The number of benzene rings is 3. The zero-order valence-corrected chi connectivity index (χ0v) is 15.1. The molecule has 2 N–H and O–H groups in total. The number of hydrogen-bond acceptors (Lipinski definition) is 3. The van der Waals surface area contributed by atoms with Crippen molar-refractivity contribution in [3.63, 3.8) is 0 Å². The largest absolute Gasteiger partial charge is 0.506 e. The number of amides is 1. The molecule has 0 heterocycles. The van der Waals surface area contributed by atoms with Crippen molar-refractivity contribution in [3.05, 3.63) is 95.6 Å². The molecular formula is C23H21NO3. The second-order valence-electron chi connectivity index (χ2n) is 6.25. The number of phenolic OH excluding ortho intramolecular Hbond substituents is 1. The number of phenols is 1. The van der Waals surface area contributed by atoms with Crippen LogP contribution >= 0.6 is 0 Å². The first-order valence-corrected chi connectivity index (χ1v) is 8.87. The molecule has 0 aliphatic rings. The van der Waals surface area contributed by atoms with E-state index in [4.69, 9.17) is 0 Å². The average molecular weight is 359 g/mol. The molecule has 0 aliphatic carbocycles. The lowest BCUT2D eigenvalue weighted by Gasteiger charge is -2.18. The van der Waals surface area contributed by atoms with Crippen molar-refractivity contribution in [1.29, 1.82) is 0 Å². The molecule has 0 saturated heterocycles.